The Balaban J connectivity index is 1.99. The highest BCUT2D eigenvalue weighted by Gasteiger charge is 2.11. The summed E-state index contributed by atoms with van der Waals surface area (Å²) in [4.78, 5) is 12.8. The quantitative estimate of drug-likeness (QED) is 0.730. The molecule has 2 aromatic rings. The number of hydrogen-bond acceptors (Lipinski definition) is 3. The molecule has 0 saturated carbocycles. The van der Waals surface area contributed by atoms with Crippen LogP contribution in [0.25, 0.3) is 0 Å². The number of carbonyl (C=O) groups is 1. The number of rotatable bonds is 6. The predicted molar refractivity (Wildman–Crippen MR) is 93.4 cm³/mol. The topological polar surface area (TPSA) is 38.3 Å². The summed E-state index contributed by atoms with van der Waals surface area (Å²) in [5.41, 5.74) is 0.653. The van der Waals surface area contributed by atoms with E-state index in [0.717, 1.165) is 0 Å². The van der Waals surface area contributed by atoms with E-state index >= 15 is 0 Å². The van der Waals surface area contributed by atoms with Crippen LogP contribution in [0, 0.1) is 0 Å². The summed E-state index contributed by atoms with van der Waals surface area (Å²) in [7, 11) is 0. The zero-order chi connectivity index (χ0) is 15.9. The smallest absolute Gasteiger partial charge is 0.234 e. The molecule has 0 unspecified atom stereocenters. The van der Waals surface area contributed by atoms with Crippen LogP contribution < -0.4 is 10.1 Å². The first-order valence-corrected chi connectivity index (χ1v) is 8.44. The fourth-order valence-corrected chi connectivity index (χ4v) is 3.28. The molecule has 0 fully saturated rings. The van der Waals surface area contributed by atoms with E-state index in [1.807, 2.05) is 25.1 Å². The molecule has 0 aliphatic carbocycles. The first-order valence-electron chi connectivity index (χ1n) is 6.70. The van der Waals surface area contributed by atoms with Gasteiger partial charge in [0.25, 0.3) is 0 Å². The van der Waals surface area contributed by atoms with Crippen molar-refractivity contribution in [3.05, 3.63) is 52.5 Å². The molecule has 22 heavy (non-hydrogen) atoms. The van der Waals surface area contributed by atoms with Gasteiger partial charge in [-0.05, 0) is 31.2 Å². The number of halogens is 2. The van der Waals surface area contributed by atoms with Crippen LogP contribution in [0.4, 0.5) is 5.69 Å². The maximum atomic E-state index is 12.1. The normalized spacial score (nSPS) is 10.3. The van der Waals surface area contributed by atoms with Crippen molar-refractivity contribution < 1.29 is 9.53 Å². The monoisotopic (exact) mass is 355 g/mol. The second-order valence-electron chi connectivity index (χ2n) is 4.32. The number of hydrogen-bond donors (Lipinski definition) is 1. The number of amides is 1. The van der Waals surface area contributed by atoms with E-state index in [2.05, 4.69) is 5.32 Å². The van der Waals surface area contributed by atoms with Crippen LogP contribution in [0.15, 0.2) is 47.4 Å². The van der Waals surface area contributed by atoms with Crippen molar-refractivity contribution in [2.24, 2.45) is 0 Å². The first kappa shape index (κ1) is 17.0. The Kier molecular flexibility index (Phi) is 6.43. The third-order valence-corrected chi connectivity index (χ3v) is 4.72. The van der Waals surface area contributed by atoms with Crippen molar-refractivity contribution in [1.29, 1.82) is 0 Å². The number of thioether (sulfide) groups is 1. The van der Waals surface area contributed by atoms with Gasteiger partial charge in [0, 0.05) is 4.90 Å². The minimum atomic E-state index is -0.145. The lowest BCUT2D eigenvalue weighted by Crippen LogP contribution is -2.15. The fraction of sp³-hybridized carbons (Fsp3) is 0.188. The van der Waals surface area contributed by atoms with Crippen molar-refractivity contribution in [1.82, 2.24) is 0 Å². The van der Waals surface area contributed by atoms with E-state index < -0.39 is 0 Å². The molecule has 116 valence electrons. The molecule has 2 rings (SSSR count). The molecule has 0 bridgehead atoms. The van der Waals surface area contributed by atoms with E-state index in [-0.39, 0.29) is 11.7 Å². The van der Waals surface area contributed by atoms with Crippen molar-refractivity contribution in [3.8, 4) is 5.75 Å². The number of benzene rings is 2. The summed E-state index contributed by atoms with van der Waals surface area (Å²) in [6, 6.07) is 12.6. The largest absolute Gasteiger partial charge is 0.492 e. The Bertz CT molecular complexity index is 644. The lowest BCUT2D eigenvalue weighted by Gasteiger charge is -2.11. The molecule has 0 saturated heterocycles. The molecule has 0 spiro atoms. The summed E-state index contributed by atoms with van der Waals surface area (Å²) in [6.07, 6.45) is 0. The molecule has 1 amide bonds. The van der Waals surface area contributed by atoms with Crippen LogP contribution in [0.3, 0.4) is 0 Å². The third kappa shape index (κ3) is 4.57. The average molecular weight is 356 g/mol. The zero-order valence-corrected chi connectivity index (χ0v) is 14.3. The number of para-hydroxylation sites is 2. The zero-order valence-electron chi connectivity index (χ0n) is 11.9. The highest BCUT2D eigenvalue weighted by atomic mass is 35.5. The molecule has 2 aromatic carbocycles. The highest BCUT2D eigenvalue weighted by molar-refractivity contribution is 8.00. The highest BCUT2D eigenvalue weighted by Crippen LogP contribution is 2.34. The molecular weight excluding hydrogens is 341 g/mol. The van der Waals surface area contributed by atoms with Gasteiger partial charge < -0.3 is 10.1 Å². The number of ether oxygens (including phenoxy) is 1. The van der Waals surface area contributed by atoms with E-state index in [4.69, 9.17) is 27.9 Å². The molecule has 0 aliphatic rings. The van der Waals surface area contributed by atoms with Gasteiger partial charge in [-0.1, -0.05) is 41.4 Å². The molecule has 0 radical (unpaired) electrons. The van der Waals surface area contributed by atoms with Crippen LogP contribution in [0.5, 0.6) is 5.75 Å². The van der Waals surface area contributed by atoms with Gasteiger partial charge in [-0.3, -0.25) is 4.79 Å². The molecule has 6 heteroatoms. The van der Waals surface area contributed by atoms with Crippen LogP contribution >= 0.6 is 35.0 Å². The van der Waals surface area contributed by atoms with Crippen LogP contribution in [-0.2, 0) is 4.79 Å². The lowest BCUT2D eigenvalue weighted by atomic mass is 10.3. The summed E-state index contributed by atoms with van der Waals surface area (Å²) in [5.74, 6) is 0.719. The van der Waals surface area contributed by atoms with Gasteiger partial charge in [0.05, 0.1) is 28.1 Å². The number of nitrogens with one attached hydrogen (secondary N) is 1. The van der Waals surface area contributed by atoms with Gasteiger partial charge in [-0.25, -0.2) is 0 Å². The SMILES string of the molecule is CCOc1ccccc1NC(=O)CSc1c(Cl)cccc1Cl. The number of anilines is 1. The van der Waals surface area contributed by atoms with Gasteiger partial charge in [-0.2, -0.15) is 0 Å². The van der Waals surface area contributed by atoms with Crippen LogP contribution in [0.2, 0.25) is 10.0 Å². The third-order valence-electron chi connectivity index (χ3n) is 2.73. The van der Waals surface area contributed by atoms with E-state index in [9.17, 15) is 4.79 Å². The first-order chi connectivity index (χ1) is 10.6. The van der Waals surface area contributed by atoms with Gasteiger partial charge in [0.1, 0.15) is 5.75 Å². The molecule has 1 N–H and O–H groups in total. The maximum Gasteiger partial charge on any atom is 0.234 e. The predicted octanol–water partition coefficient (Wildman–Crippen LogP) is 5.12. The summed E-state index contributed by atoms with van der Waals surface area (Å²) in [6.45, 7) is 2.44. The Morgan fingerprint density at radius 3 is 2.50 bits per heavy atom. The average Bonchev–Trinajstić information content (AvgIpc) is 2.49. The van der Waals surface area contributed by atoms with Gasteiger partial charge in [-0.15, -0.1) is 11.8 Å². The maximum absolute atomic E-state index is 12.1. The summed E-state index contributed by atoms with van der Waals surface area (Å²) < 4.78 is 5.48. The second-order valence-corrected chi connectivity index (χ2v) is 6.12. The number of carbonyl (C=O) groups excluding carboxylic acids is 1. The Morgan fingerprint density at radius 1 is 1.14 bits per heavy atom. The van der Waals surface area contributed by atoms with Gasteiger partial charge >= 0.3 is 0 Å². The standard InChI is InChI=1S/C16H15Cl2NO2S/c1-2-21-14-9-4-3-8-13(14)19-15(20)10-22-16-11(17)6-5-7-12(16)18/h3-9H,2,10H2,1H3,(H,19,20). The van der Waals surface area contributed by atoms with E-state index in [1.165, 1.54) is 11.8 Å². The van der Waals surface area contributed by atoms with E-state index in [1.54, 1.807) is 24.3 Å². The van der Waals surface area contributed by atoms with Gasteiger partial charge in [0.15, 0.2) is 0 Å². The molecule has 3 nitrogen and oxygen atoms in total. The van der Waals surface area contributed by atoms with Crippen molar-refractivity contribution in [2.45, 2.75) is 11.8 Å². The van der Waals surface area contributed by atoms with Crippen molar-refractivity contribution >= 4 is 46.6 Å². The summed E-state index contributed by atoms with van der Waals surface area (Å²) in [5, 5.41) is 3.92. The fourth-order valence-electron chi connectivity index (χ4n) is 1.80. The van der Waals surface area contributed by atoms with Crippen molar-refractivity contribution in [2.75, 3.05) is 17.7 Å². The second kappa shape index (κ2) is 8.32. The molecule has 0 heterocycles. The minimum Gasteiger partial charge on any atom is -0.492 e. The Morgan fingerprint density at radius 2 is 1.82 bits per heavy atom. The lowest BCUT2D eigenvalue weighted by molar-refractivity contribution is -0.113. The Labute approximate surface area is 144 Å². The molecule has 0 atom stereocenters. The summed E-state index contributed by atoms with van der Waals surface area (Å²) >= 11 is 13.5. The Hall–Kier alpha value is -1.36. The molecule has 0 aliphatic heterocycles. The van der Waals surface area contributed by atoms with Crippen molar-refractivity contribution in [3.63, 3.8) is 0 Å². The molecule has 0 aromatic heterocycles. The van der Waals surface area contributed by atoms with Crippen LogP contribution in [0.1, 0.15) is 6.92 Å². The minimum absolute atomic E-state index is 0.145. The van der Waals surface area contributed by atoms with E-state index in [0.29, 0.717) is 33.0 Å². The van der Waals surface area contributed by atoms with Crippen LogP contribution in [-0.4, -0.2) is 18.3 Å². The molecular formula is C16H15Cl2NO2S. The van der Waals surface area contributed by atoms with Gasteiger partial charge in [0.2, 0.25) is 5.91 Å².